The fraction of sp³-hybridized carbons (Fsp3) is 0.571. The van der Waals surface area contributed by atoms with Gasteiger partial charge in [-0.15, -0.1) is 12.4 Å². The molecule has 3 nitrogen and oxygen atoms in total. The molecule has 1 unspecified atom stereocenters. The van der Waals surface area contributed by atoms with E-state index in [9.17, 15) is 4.79 Å². The highest BCUT2D eigenvalue weighted by Crippen LogP contribution is 1.97. The summed E-state index contributed by atoms with van der Waals surface area (Å²) in [4.78, 5) is 12.7. The van der Waals surface area contributed by atoms with Crippen molar-refractivity contribution in [3.05, 3.63) is 12.2 Å². The van der Waals surface area contributed by atoms with Crippen molar-refractivity contribution in [1.82, 2.24) is 10.2 Å². The molecule has 0 aromatic rings. The van der Waals surface area contributed by atoms with Crippen LogP contribution >= 0.6 is 12.4 Å². The molecule has 0 aromatic carbocycles. The molecule has 0 saturated heterocycles. The molecule has 1 rings (SSSR count). The highest BCUT2D eigenvalue weighted by molar-refractivity contribution is 5.85. The summed E-state index contributed by atoms with van der Waals surface area (Å²) in [5.41, 5.74) is 0. The van der Waals surface area contributed by atoms with Gasteiger partial charge >= 0.3 is 0 Å². The van der Waals surface area contributed by atoms with Gasteiger partial charge in [0.2, 0.25) is 5.91 Å². The van der Waals surface area contributed by atoms with Crippen LogP contribution in [0.4, 0.5) is 0 Å². The Bertz CT molecular complexity index is 168. The van der Waals surface area contributed by atoms with Crippen molar-refractivity contribution in [3.63, 3.8) is 0 Å². The molecule has 11 heavy (non-hydrogen) atoms. The van der Waals surface area contributed by atoms with Crippen molar-refractivity contribution < 1.29 is 4.79 Å². The van der Waals surface area contributed by atoms with E-state index < -0.39 is 0 Å². The zero-order chi connectivity index (χ0) is 7.56. The lowest BCUT2D eigenvalue weighted by Crippen LogP contribution is -2.39. The number of hydrogen-bond acceptors (Lipinski definition) is 2. The highest BCUT2D eigenvalue weighted by Gasteiger charge is 2.18. The summed E-state index contributed by atoms with van der Waals surface area (Å²) in [5, 5.41) is 3.04. The Hall–Kier alpha value is -0.540. The summed E-state index contributed by atoms with van der Waals surface area (Å²) in [6, 6.07) is -0.0880. The Kier molecular flexibility index (Phi) is 4.15. The fourth-order valence-corrected chi connectivity index (χ4v) is 0.915. The third-order valence-electron chi connectivity index (χ3n) is 1.49. The maximum absolute atomic E-state index is 11.2. The number of hydrogen-bond donors (Lipinski definition) is 1. The van der Waals surface area contributed by atoms with E-state index in [-0.39, 0.29) is 24.4 Å². The van der Waals surface area contributed by atoms with Gasteiger partial charge in [0.1, 0.15) is 6.04 Å². The topological polar surface area (TPSA) is 32.3 Å². The molecule has 1 N–H and O–H groups in total. The van der Waals surface area contributed by atoms with Gasteiger partial charge in [0.25, 0.3) is 0 Å². The van der Waals surface area contributed by atoms with Crippen LogP contribution in [0.5, 0.6) is 0 Å². The lowest BCUT2D eigenvalue weighted by Gasteiger charge is -2.14. The minimum Gasteiger partial charge on any atom is -0.347 e. The first-order chi connectivity index (χ1) is 4.72. The zero-order valence-corrected chi connectivity index (χ0v) is 7.52. The number of halogens is 1. The third-order valence-corrected chi connectivity index (χ3v) is 1.49. The third kappa shape index (κ3) is 2.52. The van der Waals surface area contributed by atoms with Crippen molar-refractivity contribution in [3.8, 4) is 0 Å². The average molecular weight is 177 g/mol. The van der Waals surface area contributed by atoms with E-state index in [0.29, 0.717) is 0 Å². The van der Waals surface area contributed by atoms with E-state index in [4.69, 9.17) is 0 Å². The molecule has 0 saturated carbocycles. The Morgan fingerprint density at radius 3 is 2.64 bits per heavy atom. The molecule has 0 bridgehead atoms. The Morgan fingerprint density at radius 1 is 1.64 bits per heavy atom. The molecule has 0 spiro atoms. The van der Waals surface area contributed by atoms with Gasteiger partial charge in [0, 0.05) is 20.6 Å². The van der Waals surface area contributed by atoms with E-state index in [1.54, 1.807) is 19.0 Å². The second-order valence-electron chi connectivity index (χ2n) is 2.55. The molecule has 1 aliphatic heterocycles. The van der Waals surface area contributed by atoms with E-state index in [2.05, 4.69) is 5.32 Å². The summed E-state index contributed by atoms with van der Waals surface area (Å²) in [6.45, 7) is 0.810. The Morgan fingerprint density at radius 2 is 2.27 bits per heavy atom. The molecule has 64 valence electrons. The maximum Gasteiger partial charge on any atom is 0.243 e. The van der Waals surface area contributed by atoms with Gasteiger partial charge in [-0.2, -0.15) is 0 Å². The van der Waals surface area contributed by atoms with Gasteiger partial charge < -0.3 is 4.90 Å². The van der Waals surface area contributed by atoms with E-state index in [1.165, 1.54) is 0 Å². The zero-order valence-electron chi connectivity index (χ0n) is 6.70. The van der Waals surface area contributed by atoms with Crippen LogP contribution in [0, 0.1) is 0 Å². The minimum atomic E-state index is -0.0880. The summed E-state index contributed by atoms with van der Waals surface area (Å²) >= 11 is 0. The maximum atomic E-state index is 11.2. The smallest absolute Gasteiger partial charge is 0.243 e. The van der Waals surface area contributed by atoms with Crippen molar-refractivity contribution >= 4 is 18.3 Å². The number of nitrogens with zero attached hydrogens (tertiary/aromatic N) is 1. The number of nitrogens with one attached hydrogen (secondary N) is 1. The monoisotopic (exact) mass is 176 g/mol. The first-order valence-electron chi connectivity index (χ1n) is 3.33. The van der Waals surface area contributed by atoms with Crippen LogP contribution in [0.3, 0.4) is 0 Å². The van der Waals surface area contributed by atoms with E-state index >= 15 is 0 Å². The summed E-state index contributed by atoms with van der Waals surface area (Å²) < 4.78 is 0. The molecule has 0 aromatic heterocycles. The second-order valence-corrected chi connectivity index (χ2v) is 2.55. The molecule has 0 fully saturated rings. The predicted octanol–water partition coefficient (Wildman–Crippen LogP) is 0.0244. The van der Waals surface area contributed by atoms with Crippen LogP contribution in [0.15, 0.2) is 12.2 Å². The number of likely N-dealkylation sites (N-methyl/N-ethyl adjacent to an activating group) is 1. The molecule has 1 aliphatic rings. The summed E-state index contributed by atoms with van der Waals surface area (Å²) in [6.07, 6.45) is 3.86. The van der Waals surface area contributed by atoms with Gasteiger partial charge in [0.15, 0.2) is 0 Å². The Labute approximate surface area is 72.9 Å². The molecule has 1 heterocycles. The van der Waals surface area contributed by atoms with Crippen LogP contribution in [0.25, 0.3) is 0 Å². The van der Waals surface area contributed by atoms with Crippen LogP contribution in [0.1, 0.15) is 0 Å². The first-order valence-corrected chi connectivity index (χ1v) is 3.33. The molecular weight excluding hydrogens is 164 g/mol. The van der Waals surface area contributed by atoms with Gasteiger partial charge in [-0.25, -0.2) is 0 Å². The van der Waals surface area contributed by atoms with Crippen LogP contribution < -0.4 is 5.32 Å². The van der Waals surface area contributed by atoms with Crippen molar-refractivity contribution in [2.24, 2.45) is 0 Å². The molecule has 0 radical (unpaired) electrons. The van der Waals surface area contributed by atoms with Crippen LogP contribution in [-0.2, 0) is 4.79 Å². The number of carbonyl (C=O) groups excluding carboxylic acids is 1. The lowest BCUT2D eigenvalue weighted by molar-refractivity contribution is -0.129. The molecule has 0 aliphatic carbocycles. The van der Waals surface area contributed by atoms with Crippen molar-refractivity contribution in [2.75, 3.05) is 20.6 Å². The van der Waals surface area contributed by atoms with E-state index in [1.807, 2.05) is 12.2 Å². The van der Waals surface area contributed by atoms with Crippen LogP contribution in [0.2, 0.25) is 0 Å². The largest absolute Gasteiger partial charge is 0.347 e. The highest BCUT2D eigenvalue weighted by atomic mass is 35.5. The average Bonchev–Trinajstić information content (AvgIpc) is 2.36. The molecule has 1 atom stereocenters. The summed E-state index contributed by atoms with van der Waals surface area (Å²) in [5.74, 6) is 0.119. The van der Waals surface area contributed by atoms with E-state index in [0.717, 1.165) is 6.54 Å². The van der Waals surface area contributed by atoms with Gasteiger partial charge in [-0.05, 0) is 0 Å². The first kappa shape index (κ1) is 10.5. The van der Waals surface area contributed by atoms with Gasteiger partial charge in [-0.3, -0.25) is 10.1 Å². The normalized spacial score (nSPS) is 21.1. The molecule has 4 heteroatoms. The van der Waals surface area contributed by atoms with Crippen molar-refractivity contribution in [2.45, 2.75) is 6.04 Å². The minimum absolute atomic E-state index is 0. The van der Waals surface area contributed by atoms with Gasteiger partial charge in [0.05, 0.1) is 0 Å². The summed E-state index contributed by atoms with van der Waals surface area (Å²) in [7, 11) is 3.52. The lowest BCUT2D eigenvalue weighted by atomic mass is 10.3. The van der Waals surface area contributed by atoms with Gasteiger partial charge in [-0.1, -0.05) is 12.2 Å². The van der Waals surface area contributed by atoms with Crippen molar-refractivity contribution in [1.29, 1.82) is 0 Å². The quantitative estimate of drug-likeness (QED) is 0.572. The number of amides is 1. The fourth-order valence-electron chi connectivity index (χ4n) is 0.915. The second kappa shape index (κ2) is 4.36. The number of rotatable bonds is 1. The number of carbonyl (C=O) groups is 1. The standard InChI is InChI=1S/C7H12N2O.ClH/c1-9(2)7(10)6-4-3-5-8-6;/h3-4,6,8H,5H2,1-2H3;1H. The molecular formula is C7H13ClN2O. The Balaban J connectivity index is 0.000001000. The SMILES string of the molecule is CN(C)C(=O)C1C=CCN1.Cl. The van der Waals surface area contributed by atoms with Crippen LogP contribution in [-0.4, -0.2) is 37.5 Å². The predicted molar refractivity (Wildman–Crippen MR) is 46.9 cm³/mol. The molecule has 1 amide bonds.